The van der Waals surface area contributed by atoms with Gasteiger partial charge in [0.1, 0.15) is 11.6 Å². The number of nitrogens with zero attached hydrogens (tertiary/aromatic N) is 1. The number of hydrogen-bond donors (Lipinski definition) is 2. The average molecular weight is 278 g/mol. The van der Waals surface area contributed by atoms with E-state index in [1.165, 1.54) is 10.9 Å². The van der Waals surface area contributed by atoms with Gasteiger partial charge in [0.2, 0.25) is 0 Å². The predicted octanol–water partition coefficient (Wildman–Crippen LogP) is 3.90. The summed E-state index contributed by atoms with van der Waals surface area (Å²) in [7, 11) is 0. The van der Waals surface area contributed by atoms with Gasteiger partial charge in [-0.3, -0.25) is 0 Å². The Bertz CT molecular complexity index is 751. The van der Waals surface area contributed by atoms with Crippen LogP contribution in [0.3, 0.4) is 0 Å². The molecule has 3 heteroatoms. The molecule has 106 valence electrons. The van der Waals surface area contributed by atoms with E-state index in [-0.39, 0.29) is 0 Å². The number of benzene rings is 2. The van der Waals surface area contributed by atoms with Crippen LogP contribution in [0.15, 0.2) is 54.6 Å². The minimum Gasteiger partial charge on any atom is -0.508 e. The zero-order chi connectivity index (χ0) is 14.7. The van der Waals surface area contributed by atoms with Gasteiger partial charge in [-0.25, -0.2) is 4.98 Å². The minimum atomic E-state index is 0.304. The number of fused-ring (bicyclic) bond motifs is 1. The summed E-state index contributed by atoms with van der Waals surface area (Å²) < 4.78 is 0. The zero-order valence-corrected chi connectivity index (χ0v) is 12.0. The summed E-state index contributed by atoms with van der Waals surface area (Å²) in [6, 6.07) is 17.6. The third-order valence-electron chi connectivity index (χ3n) is 3.56. The van der Waals surface area contributed by atoms with Crippen molar-refractivity contribution in [2.45, 2.75) is 13.3 Å². The van der Waals surface area contributed by atoms with Crippen LogP contribution < -0.4 is 5.32 Å². The third kappa shape index (κ3) is 3.14. The monoisotopic (exact) mass is 278 g/mol. The van der Waals surface area contributed by atoms with E-state index < -0.39 is 0 Å². The first-order valence-electron chi connectivity index (χ1n) is 7.10. The summed E-state index contributed by atoms with van der Waals surface area (Å²) in [5.74, 6) is 1.24. The Hall–Kier alpha value is -2.55. The normalized spacial score (nSPS) is 10.7. The van der Waals surface area contributed by atoms with Gasteiger partial charge in [0.05, 0.1) is 5.52 Å². The van der Waals surface area contributed by atoms with Gasteiger partial charge in [0.15, 0.2) is 0 Å². The van der Waals surface area contributed by atoms with E-state index in [0.717, 1.165) is 29.9 Å². The van der Waals surface area contributed by atoms with Gasteiger partial charge in [0.25, 0.3) is 0 Å². The number of aromatic nitrogens is 1. The van der Waals surface area contributed by atoms with E-state index in [1.807, 2.05) is 30.3 Å². The highest BCUT2D eigenvalue weighted by Gasteiger charge is 2.02. The van der Waals surface area contributed by atoms with Crippen LogP contribution in [0.4, 0.5) is 5.82 Å². The number of aromatic hydroxyl groups is 1. The van der Waals surface area contributed by atoms with Crippen LogP contribution in [-0.4, -0.2) is 16.6 Å². The molecule has 0 radical (unpaired) electrons. The number of hydrogen-bond acceptors (Lipinski definition) is 3. The molecule has 0 aliphatic heterocycles. The molecule has 1 heterocycles. The van der Waals surface area contributed by atoms with Crippen LogP contribution >= 0.6 is 0 Å². The summed E-state index contributed by atoms with van der Waals surface area (Å²) in [5.41, 5.74) is 3.35. The van der Waals surface area contributed by atoms with Crippen LogP contribution in [0, 0.1) is 6.92 Å². The summed E-state index contributed by atoms with van der Waals surface area (Å²) in [6.07, 6.45) is 0.897. The maximum Gasteiger partial charge on any atom is 0.129 e. The van der Waals surface area contributed by atoms with E-state index in [9.17, 15) is 5.11 Å². The molecular formula is C18H18N2O. The van der Waals surface area contributed by atoms with Gasteiger partial charge in [-0.2, -0.15) is 0 Å². The van der Waals surface area contributed by atoms with Gasteiger partial charge < -0.3 is 10.4 Å². The second kappa shape index (κ2) is 5.83. The third-order valence-corrected chi connectivity index (χ3v) is 3.56. The van der Waals surface area contributed by atoms with Crippen LogP contribution in [0.1, 0.15) is 11.1 Å². The fourth-order valence-electron chi connectivity index (χ4n) is 2.39. The summed E-state index contributed by atoms with van der Waals surface area (Å²) >= 11 is 0. The van der Waals surface area contributed by atoms with E-state index in [2.05, 4.69) is 29.4 Å². The number of aryl methyl sites for hydroxylation is 1. The SMILES string of the molecule is Cc1cc2ccccc2nc1NCCc1ccc(O)cc1. The van der Waals surface area contributed by atoms with Crippen LogP contribution in [-0.2, 0) is 6.42 Å². The fraction of sp³-hybridized carbons (Fsp3) is 0.167. The zero-order valence-electron chi connectivity index (χ0n) is 12.0. The highest BCUT2D eigenvalue weighted by atomic mass is 16.3. The Morgan fingerprint density at radius 1 is 1.05 bits per heavy atom. The number of para-hydroxylation sites is 1. The van der Waals surface area contributed by atoms with E-state index in [0.29, 0.717) is 5.75 Å². The molecule has 0 fully saturated rings. The van der Waals surface area contributed by atoms with Crippen molar-refractivity contribution in [2.75, 3.05) is 11.9 Å². The number of pyridine rings is 1. The fourth-order valence-corrected chi connectivity index (χ4v) is 2.39. The lowest BCUT2D eigenvalue weighted by atomic mass is 10.1. The van der Waals surface area contributed by atoms with Gasteiger partial charge in [-0.1, -0.05) is 30.3 Å². The Kier molecular flexibility index (Phi) is 3.73. The highest BCUT2D eigenvalue weighted by Crippen LogP contribution is 2.19. The number of nitrogens with one attached hydrogen (secondary N) is 1. The first kappa shape index (κ1) is 13.4. The van der Waals surface area contributed by atoms with Crippen molar-refractivity contribution in [2.24, 2.45) is 0 Å². The molecule has 0 atom stereocenters. The number of phenolic OH excluding ortho intramolecular Hbond substituents is 1. The molecule has 1 aromatic heterocycles. The van der Waals surface area contributed by atoms with Crippen LogP contribution in [0.25, 0.3) is 10.9 Å². The number of anilines is 1. The molecule has 3 nitrogen and oxygen atoms in total. The lowest BCUT2D eigenvalue weighted by molar-refractivity contribution is 0.475. The molecule has 0 bridgehead atoms. The molecule has 2 N–H and O–H groups in total. The maximum absolute atomic E-state index is 9.27. The molecule has 2 aromatic carbocycles. The van der Waals surface area contributed by atoms with E-state index in [4.69, 9.17) is 0 Å². The second-order valence-corrected chi connectivity index (χ2v) is 5.19. The van der Waals surface area contributed by atoms with Crippen molar-refractivity contribution in [1.29, 1.82) is 0 Å². The lowest BCUT2D eigenvalue weighted by Crippen LogP contribution is -2.07. The Balaban J connectivity index is 1.70. The molecule has 0 saturated carbocycles. The molecule has 0 unspecified atom stereocenters. The van der Waals surface area contributed by atoms with Crippen molar-refractivity contribution in [3.8, 4) is 5.75 Å². The molecule has 0 amide bonds. The van der Waals surface area contributed by atoms with Crippen molar-refractivity contribution in [3.05, 3.63) is 65.7 Å². The summed E-state index contributed by atoms with van der Waals surface area (Å²) in [4.78, 5) is 4.67. The number of phenols is 1. The van der Waals surface area contributed by atoms with E-state index >= 15 is 0 Å². The number of rotatable bonds is 4. The Labute approximate surface area is 124 Å². The second-order valence-electron chi connectivity index (χ2n) is 5.19. The molecule has 21 heavy (non-hydrogen) atoms. The van der Waals surface area contributed by atoms with Crippen molar-refractivity contribution >= 4 is 16.7 Å². The van der Waals surface area contributed by atoms with Crippen molar-refractivity contribution < 1.29 is 5.11 Å². The molecule has 0 aliphatic carbocycles. The molecule has 0 saturated heterocycles. The lowest BCUT2D eigenvalue weighted by Gasteiger charge is -2.10. The minimum absolute atomic E-state index is 0.304. The van der Waals surface area contributed by atoms with Gasteiger partial charge in [0, 0.05) is 11.9 Å². The highest BCUT2D eigenvalue weighted by molar-refractivity contribution is 5.81. The smallest absolute Gasteiger partial charge is 0.129 e. The predicted molar refractivity (Wildman–Crippen MR) is 86.8 cm³/mol. The summed E-state index contributed by atoms with van der Waals surface area (Å²) in [6.45, 7) is 2.89. The van der Waals surface area contributed by atoms with Gasteiger partial charge in [-0.15, -0.1) is 0 Å². The van der Waals surface area contributed by atoms with Gasteiger partial charge in [-0.05, 0) is 48.7 Å². The van der Waals surface area contributed by atoms with Crippen LogP contribution in [0.5, 0.6) is 5.75 Å². The van der Waals surface area contributed by atoms with Crippen LogP contribution in [0.2, 0.25) is 0 Å². The average Bonchev–Trinajstić information content (AvgIpc) is 2.50. The topological polar surface area (TPSA) is 45.2 Å². The quantitative estimate of drug-likeness (QED) is 0.760. The van der Waals surface area contributed by atoms with E-state index in [1.54, 1.807) is 12.1 Å². The Morgan fingerprint density at radius 2 is 1.81 bits per heavy atom. The largest absolute Gasteiger partial charge is 0.508 e. The first-order valence-corrected chi connectivity index (χ1v) is 7.10. The molecule has 0 aliphatic rings. The maximum atomic E-state index is 9.27. The summed E-state index contributed by atoms with van der Waals surface area (Å²) in [5, 5.41) is 13.8. The first-order chi connectivity index (χ1) is 10.2. The van der Waals surface area contributed by atoms with Gasteiger partial charge >= 0.3 is 0 Å². The molecule has 3 aromatic rings. The van der Waals surface area contributed by atoms with Crippen molar-refractivity contribution in [1.82, 2.24) is 4.98 Å². The van der Waals surface area contributed by atoms with Crippen molar-refractivity contribution in [3.63, 3.8) is 0 Å². The Morgan fingerprint density at radius 3 is 2.62 bits per heavy atom. The molecular weight excluding hydrogens is 260 g/mol. The molecule has 3 rings (SSSR count). The molecule has 0 spiro atoms. The standard InChI is InChI=1S/C18H18N2O/c1-13-12-15-4-2-3-5-17(15)20-18(13)19-11-10-14-6-8-16(21)9-7-14/h2-9,12,21H,10-11H2,1H3,(H,19,20).